The minimum Gasteiger partial charge on any atom is -0.493 e. The van der Waals surface area contributed by atoms with Gasteiger partial charge in [-0.05, 0) is 48.5 Å². The fourth-order valence-corrected chi connectivity index (χ4v) is 2.76. The second kappa shape index (κ2) is 9.47. The van der Waals surface area contributed by atoms with Crippen LogP contribution in [-0.2, 0) is 0 Å². The van der Waals surface area contributed by atoms with Gasteiger partial charge in [-0.15, -0.1) is 0 Å². The monoisotopic (exact) mass is 407 g/mol. The number of amides is 1. The van der Waals surface area contributed by atoms with Crippen LogP contribution in [0.1, 0.15) is 20.7 Å². The van der Waals surface area contributed by atoms with E-state index in [1.165, 1.54) is 33.5 Å². The molecule has 0 radical (unpaired) electrons. The topological polar surface area (TPSA) is 83.1 Å². The van der Waals surface area contributed by atoms with Crippen molar-refractivity contribution in [3.63, 3.8) is 0 Å². The van der Waals surface area contributed by atoms with E-state index in [9.17, 15) is 9.59 Å². The zero-order valence-electron chi connectivity index (χ0n) is 16.8. The first-order chi connectivity index (χ1) is 14.5. The molecule has 1 N–H and O–H groups in total. The van der Waals surface area contributed by atoms with Crippen LogP contribution in [0.3, 0.4) is 0 Å². The number of benzene rings is 3. The van der Waals surface area contributed by atoms with Gasteiger partial charge in [-0.25, -0.2) is 4.79 Å². The number of hydrogen-bond donors (Lipinski definition) is 1. The van der Waals surface area contributed by atoms with Crippen molar-refractivity contribution < 1.29 is 28.5 Å². The van der Waals surface area contributed by atoms with E-state index in [0.717, 1.165) is 0 Å². The molecule has 0 unspecified atom stereocenters. The SMILES string of the molecule is COc1cc(C(=O)Oc2ccc(C(=O)Nc3ccccc3)cc2)cc(OC)c1OC. The number of rotatable bonds is 7. The molecule has 0 aliphatic rings. The average molecular weight is 407 g/mol. The van der Waals surface area contributed by atoms with Crippen LogP contribution in [-0.4, -0.2) is 33.2 Å². The molecular weight excluding hydrogens is 386 g/mol. The molecule has 0 heterocycles. The Kier molecular flexibility index (Phi) is 6.54. The summed E-state index contributed by atoms with van der Waals surface area (Å²) in [4.78, 5) is 24.9. The number of methoxy groups -OCH3 is 3. The maximum Gasteiger partial charge on any atom is 0.343 e. The average Bonchev–Trinajstić information content (AvgIpc) is 2.79. The summed E-state index contributed by atoms with van der Waals surface area (Å²) >= 11 is 0. The van der Waals surface area contributed by atoms with Crippen LogP contribution in [0.4, 0.5) is 5.69 Å². The molecule has 3 aromatic carbocycles. The minimum atomic E-state index is -0.601. The molecule has 7 heteroatoms. The zero-order valence-corrected chi connectivity index (χ0v) is 16.8. The third-order valence-electron chi connectivity index (χ3n) is 4.26. The molecule has 0 fully saturated rings. The molecule has 0 saturated heterocycles. The van der Waals surface area contributed by atoms with Crippen LogP contribution in [0.5, 0.6) is 23.0 Å². The molecule has 154 valence electrons. The van der Waals surface area contributed by atoms with Gasteiger partial charge in [0.25, 0.3) is 5.91 Å². The molecule has 0 saturated carbocycles. The summed E-state index contributed by atoms with van der Waals surface area (Å²) in [7, 11) is 4.41. The van der Waals surface area contributed by atoms with Crippen LogP contribution >= 0.6 is 0 Å². The molecule has 0 aliphatic carbocycles. The highest BCUT2D eigenvalue weighted by Gasteiger charge is 2.18. The molecule has 7 nitrogen and oxygen atoms in total. The normalized spacial score (nSPS) is 10.1. The number of ether oxygens (including phenoxy) is 4. The Bertz CT molecular complexity index is 1010. The lowest BCUT2D eigenvalue weighted by atomic mass is 10.1. The number of para-hydroxylation sites is 1. The predicted octanol–water partition coefficient (Wildman–Crippen LogP) is 4.18. The molecule has 0 aromatic heterocycles. The van der Waals surface area contributed by atoms with Crippen molar-refractivity contribution in [1.29, 1.82) is 0 Å². The smallest absolute Gasteiger partial charge is 0.343 e. The second-order valence-corrected chi connectivity index (χ2v) is 6.15. The Morgan fingerprint density at radius 1 is 0.733 bits per heavy atom. The first-order valence-electron chi connectivity index (χ1n) is 9.04. The minimum absolute atomic E-state index is 0.232. The fraction of sp³-hybridized carbons (Fsp3) is 0.130. The van der Waals surface area contributed by atoms with Gasteiger partial charge in [-0.2, -0.15) is 0 Å². The van der Waals surface area contributed by atoms with Crippen molar-refractivity contribution in [1.82, 2.24) is 0 Å². The Morgan fingerprint density at radius 2 is 1.33 bits per heavy atom. The van der Waals surface area contributed by atoms with E-state index in [-0.39, 0.29) is 11.5 Å². The van der Waals surface area contributed by atoms with Crippen LogP contribution in [0.25, 0.3) is 0 Å². The molecule has 3 aromatic rings. The lowest BCUT2D eigenvalue weighted by molar-refractivity contribution is 0.0733. The first kappa shape index (κ1) is 20.7. The van der Waals surface area contributed by atoms with Crippen LogP contribution in [0.15, 0.2) is 66.7 Å². The first-order valence-corrected chi connectivity index (χ1v) is 9.04. The number of carbonyl (C=O) groups is 2. The van der Waals surface area contributed by atoms with Gasteiger partial charge >= 0.3 is 5.97 Å². The molecule has 3 rings (SSSR count). The van der Waals surface area contributed by atoms with Gasteiger partial charge in [0.15, 0.2) is 11.5 Å². The summed E-state index contributed by atoms with van der Waals surface area (Å²) in [5.74, 6) is 0.503. The lowest BCUT2D eigenvalue weighted by Crippen LogP contribution is -2.12. The van der Waals surface area contributed by atoms with Gasteiger partial charge < -0.3 is 24.3 Å². The molecule has 0 bridgehead atoms. The number of nitrogens with one attached hydrogen (secondary N) is 1. The Hall–Kier alpha value is -4.00. The quantitative estimate of drug-likeness (QED) is 0.467. The van der Waals surface area contributed by atoms with Crippen molar-refractivity contribution in [3.8, 4) is 23.0 Å². The van der Waals surface area contributed by atoms with Crippen LogP contribution in [0.2, 0.25) is 0 Å². The van der Waals surface area contributed by atoms with Gasteiger partial charge in [0.1, 0.15) is 5.75 Å². The number of anilines is 1. The summed E-state index contributed by atoms with van der Waals surface area (Å²) in [6, 6.07) is 18.4. The fourth-order valence-electron chi connectivity index (χ4n) is 2.76. The van der Waals surface area contributed by atoms with Gasteiger partial charge in [-0.3, -0.25) is 4.79 Å². The van der Waals surface area contributed by atoms with Crippen molar-refractivity contribution in [2.75, 3.05) is 26.6 Å². The zero-order chi connectivity index (χ0) is 21.5. The molecule has 30 heavy (non-hydrogen) atoms. The third-order valence-corrected chi connectivity index (χ3v) is 4.26. The highest BCUT2D eigenvalue weighted by Crippen LogP contribution is 2.38. The second-order valence-electron chi connectivity index (χ2n) is 6.15. The summed E-state index contributed by atoms with van der Waals surface area (Å²) in [6.07, 6.45) is 0. The summed E-state index contributed by atoms with van der Waals surface area (Å²) < 4.78 is 21.2. The van der Waals surface area contributed by atoms with E-state index in [1.54, 1.807) is 36.4 Å². The Labute approximate surface area is 174 Å². The van der Waals surface area contributed by atoms with E-state index >= 15 is 0 Å². The van der Waals surface area contributed by atoms with E-state index < -0.39 is 5.97 Å². The van der Waals surface area contributed by atoms with Crippen molar-refractivity contribution in [2.45, 2.75) is 0 Å². The summed E-state index contributed by atoms with van der Waals surface area (Å²) in [5.41, 5.74) is 1.36. The standard InChI is InChI=1S/C23H21NO6/c1-27-19-13-16(14-20(28-2)21(19)29-3)23(26)30-18-11-9-15(10-12-18)22(25)24-17-7-5-4-6-8-17/h4-14H,1-3H3,(H,24,25). The highest BCUT2D eigenvalue weighted by molar-refractivity contribution is 6.04. The number of carbonyl (C=O) groups excluding carboxylic acids is 2. The lowest BCUT2D eigenvalue weighted by Gasteiger charge is -2.13. The summed E-state index contributed by atoms with van der Waals surface area (Å²) in [5, 5.41) is 2.79. The van der Waals surface area contributed by atoms with Crippen LogP contribution in [0, 0.1) is 0 Å². The van der Waals surface area contributed by atoms with Crippen molar-refractivity contribution in [3.05, 3.63) is 77.9 Å². The number of esters is 1. The number of hydrogen-bond acceptors (Lipinski definition) is 6. The molecular formula is C23H21NO6. The van der Waals surface area contributed by atoms with Gasteiger partial charge in [0.05, 0.1) is 26.9 Å². The Balaban J connectivity index is 1.72. The van der Waals surface area contributed by atoms with E-state index in [0.29, 0.717) is 34.2 Å². The molecule has 0 spiro atoms. The third kappa shape index (κ3) is 4.70. The van der Waals surface area contributed by atoms with Gasteiger partial charge in [-0.1, -0.05) is 18.2 Å². The largest absolute Gasteiger partial charge is 0.493 e. The van der Waals surface area contributed by atoms with Crippen LogP contribution < -0.4 is 24.3 Å². The maximum atomic E-state index is 12.6. The highest BCUT2D eigenvalue weighted by atomic mass is 16.5. The maximum absolute atomic E-state index is 12.6. The molecule has 1 amide bonds. The Morgan fingerprint density at radius 3 is 1.87 bits per heavy atom. The van der Waals surface area contributed by atoms with Crippen molar-refractivity contribution >= 4 is 17.6 Å². The van der Waals surface area contributed by atoms with Gasteiger partial charge in [0, 0.05) is 11.3 Å². The van der Waals surface area contributed by atoms with E-state index in [1.807, 2.05) is 18.2 Å². The summed E-state index contributed by atoms with van der Waals surface area (Å²) in [6.45, 7) is 0. The van der Waals surface area contributed by atoms with Crippen molar-refractivity contribution in [2.24, 2.45) is 0 Å². The van der Waals surface area contributed by atoms with Gasteiger partial charge in [0.2, 0.25) is 5.75 Å². The van der Waals surface area contributed by atoms with E-state index in [2.05, 4.69) is 5.32 Å². The van der Waals surface area contributed by atoms with E-state index in [4.69, 9.17) is 18.9 Å². The predicted molar refractivity (Wildman–Crippen MR) is 112 cm³/mol. The molecule has 0 aliphatic heterocycles. The molecule has 0 atom stereocenters.